The summed E-state index contributed by atoms with van der Waals surface area (Å²) in [5.41, 5.74) is 1.49. The Morgan fingerprint density at radius 1 is 1.60 bits per heavy atom. The summed E-state index contributed by atoms with van der Waals surface area (Å²) in [5, 5.41) is 16.6. The van der Waals surface area contributed by atoms with Crippen LogP contribution in [0.2, 0.25) is 0 Å². The van der Waals surface area contributed by atoms with Crippen LogP contribution in [-0.2, 0) is 7.05 Å². The number of aliphatic hydroxyl groups excluding tert-OH is 1. The minimum absolute atomic E-state index is 0.210. The molecule has 0 aromatic carbocycles. The minimum atomic E-state index is -0.694. The minimum Gasteiger partial charge on any atom is -0.389 e. The normalized spacial score (nSPS) is 12.6. The second-order valence-corrected chi connectivity index (χ2v) is 3.51. The Morgan fingerprint density at radius 3 is 2.67 bits per heavy atom. The monoisotopic (exact) mass is 211 g/mol. The number of nitrogens with zero attached hydrogens (tertiary/aromatic N) is 2. The molecule has 0 aliphatic carbocycles. The van der Waals surface area contributed by atoms with Crippen molar-refractivity contribution < 1.29 is 5.11 Å². The van der Waals surface area contributed by atoms with E-state index in [9.17, 15) is 9.90 Å². The molecule has 0 saturated carbocycles. The van der Waals surface area contributed by atoms with Gasteiger partial charge in [-0.3, -0.25) is 4.79 Å². The molecular weight excluding hydrogens is 194 g/mol. The summed E-state index contributed by atoms with van der Waals surface area (Å²) >= 11 is 0. The van der Waals surface area contributed by atoms with Gasteiger partial charge in [-0.1, -0.05) is 0 Å². The van der Waals surface area contributed by atoms with E-state index < -0.39 is 6.10 Å². The number of aromatic nitrogens is 2. The number of aliphatic hydroxyl groups is 1. The van der Waals surface area contributed by atoms with Gasteiger partial charge in [0.05, 0.1) is 11.8 Å². The first-order chi connectivity index (χ1) is 6.99. The predicted molar refractivity (Wildman–Crippen MR) is 59.0 cm³/mol. The van der Waals surface area contributed by atoms with Crippen molar-refractivity contribution in [1.82, 2.24) is 9.78 Å². The SMILES string of the molecule is CCNc1c(C(C)O)c(C)nn(C)c1=O. The summed E-state index contributed by atoms with van der Waals surface area (Å²) in [6.45, 7) is 5.95. The first-order valence-corrected chi connectivity index (χ1v) is 4.98. The third-order valence-corrected chi connectivity index (χ3v) is 2.24. The zero-order chi connectivity index (χ0) is 11.6. The van der Waals surface area contributed by atoms with Crippen molar-refractivity contribution in [3.8, 4) is 0 Å². The predicted octanol–water partition coefficient (Wildman–Crippen LogP) is 0.574. The first-order valence-electron chi connectivity index (χ1n) is 4.98. The molecule has 1 aromatic rings. The van der Waals surface area contributed by atoms with Gasteiger partial charge in [-0.05, 0) is 20.8 Å². The Bertz CT molecular complexity index is 410. The molecule has 0 fully saturated rings. The van der Waals surface area contributed by atoms with Crippen molar-refractivity contribution in [2.75, 3.05) is 11.9 Å². The molecule has 0 radical (unpaired) electrons. The van der Waals surface area contributed by atoms with Gasteiger partial charge in [0.1, 0.15) is 5.69 Å². The van der Waals surface area contributed by atoms with Crippen LogP contribution < -0.4 is 10.9 Å². The summed E-state index contributed by atoms with van der Waals surface area (Å²) in [5.74, 6) is 0. The summed E-state index contributed by atoms with van der Waals surface area (Å²) in [7, 11) is 1.60. The molecule has 2 N–H and O–H groups in total. The molecule has 0 saturated heterocycles. The summed E-state index contributed by atoms with van der Waals surface area (Å²) < 4.78 is 1.28. The third-order valence-electron chi connectivity index (χ3n) is 2.24. The molecule has 0 aliphatic rings. The highest BCUT2D eigenvalue weighted by atomic mass is 16.3. The van der Waals surface area contributed by atoms with E-state index >= 15 is 0 Å². The molecule has 1 aromatic heterocycles. The molecule has 84 valence electrons. The van der Waals surface area contributed by atoms with Gasteiger partial charge < -0.3 is 10.4 Å². The quantitative estimate of drug-likeness (QED) is 0.767. The van der Waals surface area contributed by atoms with Crippen LogP contribution in [0.3, 0.4) is 0 Å². The third kappa shape index (κ3) is 2.18. The van der Waals surface area contributed by atoms with Gasteiger partial charge in [0.2, 0.25) is 0 Å². The Hall–Kier alpha value is -1.36. The van der Waals surface area contributed by atoms with Crippen LogP contribution in [0.25, 0.3) is 0 Å². The summed E-state index contributed by atoms with van der Waals surface area (Å²) in [6, 6.07) is 0. The molecular formula is C10H17N3O2. The van der Waals surface area contributed by atoms with Gasteiger partial charge in [0.15, 0.2) is 0 Å². The highest BCUT2D eigenvalue weighted by Crippen LogP contribution is 2.21. The Balaban J connectivity index is 3.47. The van der Waals surface area contributed by atoms with Crippen LogP contribution in [-0.4, -0.2) is 21.4 Å². The van der Waals surface area contributed by atoms with Gasteiger partial charge in [-0.25, -0.2) is 4.68 Å². The highest BCUT2D eigenvalue weighted by molar-refractivity contribution is 5.51. The van der Waals surface area contributed by atoms with Crippen molar-refractivity contribution in [1.29, 1.82) is 0 Å². The van der Waals surface area contributed by atoms with E-state index in [4.69, 9.17) is 0 Å². The van der Waals surface area contributed by atoms with Crippen LogP contribution in [0.5, 0.6) is 0 Å². The van der Waals surface area contributed by atoms with Crippen LogP contribution in [0.1, 0.15) is 31.2 Å². The fourth-order valence-corrected chi connectivity index (χ4v) is 1.64. The van der Waals surface area contributed by atoms with E-state index in [1.807, 2.05) is 6.92 Å². The van der Waals surface area contributed by atoms with Crippen LogP contribution in [0.4, 0.5) is 5.69 Å². The number of anilines is 1. The van der Waals surface area contributed by atoms with E-state index in [1.54, 1.807) is 20.9 Å². The molecule has 1 heterocycles. The number of aryl methyl sites for hydroxylation is 2. The van der Waals surface area contributed by atoms with Crippen LogP contribution >= 0.6 is 0 Å². The Morgan fingerprint density at radius 2 is 2.20 bits per heavy atom. The number of nitrogens with one attached hydrogen (secondary N) is 1. The molecule has 0 aliphatic heterocycles. The standard InChI is InChI=1S/C10H17N3O2/c1-5-11-9-8(7(3)14)6(2)12-13(4)10(9)15/h7,11,14H,5H2,1-4H3. The highest BCUT2D eigenvalue weighted by Gasteiger charge is 2.16. The molecule has 5 nitrogen and oxygen atoms in total. The molecule has 0 spiro atoms. The second-order valence-electron chi connectivity index (χ2n) is 3.51. The zero-order valence-electron chi connectivity index (χ0n) is 9.53. The van der Waals surface area contributed by atoms with Crippen molar-refractivity contribution in [2.24, 2.45) is 7.05 Å². The summed E-state index contributed by atoms with van der Waals surface area (Å²) in [4.78, 5) is 11.8. The molecule has 15 heavy (non-hydrogen) atoms. The fraction of sp³-hybridized carbons (Fsp3) is 0.600. The van der Waals surface area contributed by atoms with Gasteiger partial charge >= 0.3 is 0 Å². The van der Waals surface area contributed by atoms with Crippen LogP contribution in [0, 0.1) is 6.92 Å². The number of hydrogen-bond donors (Lipinski definition) is 2. The average Bonchev–Trinajstić information content (AvgIpc) is 2.13. The van der Waals surface area contributed by atoms with E-state index in [0.29, 0.717) is 23.5 Å². The van der Waals surface area contributed by atoms with Gasteiger partial charge in [0.25, 0.3) is 5.56 Å². The topological polar surface area (TPSA) is 67.2 Å². The maximum Gasteiger partial charge on any atom is 0.290 e. The van der Waals surface area contributed by atoms with E-state index in [-0.39, 0.29) is 5.56 Å². The molecule has 1 unspecified atom stereocenters. The lowest BCUT2D eigenvalue weighted by molar-refractivity contribution is 0.198. The van der Waals surface area contributed by atoms with Crippen LogP contribution in [0.15, 0.2) is 4.79 Å². The first kappa shape index (κ1) is 11.7. The van der Waals surface area contributed by atoms with Crippen molar-refractivity contribution in [3.63, 3.8) is 0 Å². The smallest absolute Gasteiger partial charge is 0.290 e. The Labute approximate surface area is 88.7 Å². The molecule has 5 heteroatoms. The maximum atomic E-state index is 11.8. The van der Waals surface area contributed by atoms with Crippen molar-refractivity contribution >= 4 is 5.69 Å². The van der Waals surface area contributed by atoms with Crippen molar-refractivity contribution in [3.05, 3.63) is 21.6 Å². The van der Waals surface area contributed by atoms with Crippen molar-refractivity contribution in [2.45, 2.75) is 26.9 Å². The fourth-order valence-electron chi connectivity index (χ4n) is 1.64. The molecule has 0 bridgehead atoms. The number of hydrogen-bond acceptors (Lipinski definition) is 4. The molecule has 1 atom stereocenters. The average molecular weight is 211 g/mol. The van der Waals surface area contributed by atoms with E-state index in [2.05, 4.69) is 10.4 Å². The maximum absolute atomic E-state index is 11.8. The lowest BCUT2D eigenvalue weighted by Crippen LogP contribution is -2.27. The van der Waals surface area contributed by atoms with E-state index in [1.165, 1.54) is 4.68 Å². The lowest BCUT2D eigenvalue weighted by Gasteiger charge is -2.15. The largest absolute Gasteiger partial charge is 0.389 e. The molecule has 1 rings (SSSR count). The lowest BCUT2D eigenvalue weighted by atomic mass is 10.1. The molecule has 0 amide bonds. The second kappa shape index (κ2) is 4.44. The van der Waals surface area contributed by atoms with Gasteiger partial charge in [-0.2, -0.15) is 5.10 Å². The van der Waals surface area contributed by atoms with Gasteiger partial charge in [0, 0.05) is 19.2 Å². The zero-order valence-corrected chi connectivity index (χ0v) is 9.53. The van der Waals surface area contributed by atoms with E-state index in [0.717, 1.165) is 0 Å². The van der Waals surface area contributed by atoms with Gasteiger partial charge in [-0.15, -0.1) is 0 Å². The Kier molecular flexibility index (Phi) is 3.47. The summed E-state index contributed by atoms with van der Waals surface area (Å²) in [6.07, 6.45) is -0.694. The number of rotatable bonds is 3.